The van der Waals surface area contributed by atoms with Crippen LogP contribution in [0.1, 0.15) is 10.4 Å². The molecule has 12 heteroatoms. The predicted octanol–water partition coefficient (Wildman–Crippen LogP) is 0.855. The summed E-state index contributed by atoms with van der Waals surface area (Å²) in [6, 6.07) is 10.3. The van der Waals surface area contributed by atoms with Crippen LogP contribution in [0, 0.1) is 0 Å². The Bertz CT molecular complexity index is 1250. The molecule has 0 unspecified atom stereocenters. The maximum Gasteiger partial charge on any atom is 0.253 e. The summed E-state index contributed by atoms with van der Waals surface area (Å²) in [6.07, 6.45) is 0. The first-order valence-corrected chi connectivity index (χ1v) is 13.2. The number of ether oxygens (including phenoxy) is 2. The second-order valence-electron chi connectivity index (χ2n) is 7.81. The van der Waals surface area contributed by atoms with Crippen molar-refractivity contribution in [3.63, 3.8) is 0 Å². The number of carbonyl (C=O) groups is 1. The lowest BCUT2D eigenvalue weighted by Crippen LogP contribution is -2.50. The fourth-order valence-electron chi connectivity index (χ4n) is 3.63. The summed E-state index contributed by atoms with van der Waals surface area (Å²) in [7, 11) is -4.46. The molecule has 0 atom stereocenters. The van der Waals surface area contributed by atoms with Crippen LogP contribution in [0.25, 0.3) is 0 Å². The largest absolute Gasteiger partial charge is 0.486 e. The Balaban J connectivity index is 1.43. The van der Waals surface area contributed by atoms with E-state index in [-0.39, 0.29) is 41.9 Å². The normalized spacial score (nSPS) is 17.2. The Labute approximate surface area is 193 Å². The number of amides is 1. The van der Waals surface area contributed by atoms with Crippen LogP contribution in [0.5, 0.6) is 11.5 Å². The van der Waals surface area contributed by atoms with E-state index in [0.29, 0.717) is 30.3 Å². The molecule has 2 heterocycles. The van der Waals surface area contributed by atoms with Gasteiger partial charge in [-0.1, -0.05) is 0 Å². The second-order valence-corrected chi connectivity index (χ2v) is 11.9. The third-order valence-electron chi connectivity index (χ3n) is 5.56. The number of sulfonamides is 2. The standard InChI is InChI=1S/C21H25N3O7S2/c1-22(2)32(26,27)17-5-3-16(4-6-17)21(25)23-9-11-24(12-10-23)33(28,29)18-7-8-19-20(15-18)31-14-13-30-19/h3-8,15H,9-14H2,1-2H3. The van der Waals surface area contributed by atoms with Gasteiger partial charge in [-0.15, -0.1) is 0 Å². The lowest BCUT2D eigenvalue weighted by atomic mass is 10.2. The molecule has 10 nitrogen and oxygen atoms in total. The van der Waals surface area contributed by atoms with Gasteiger partial charge in [0.1, 0.15) is 13.2 Å². The van der Waals surface area contributed by atoms with Crippen molar-refractivity contribution >= 4 is 26.0 Å². The number of rotatable bonds is 5. The number of hydrogen-bond acceptors (Lipinski definition) is 7. The van der Waals surface area contributed by atoms with Crippen molar-refractivity contribution in [3.05, 3.63) is 48.0 Å². The van der Waals surface area contributed by atoms with Crippen molar-refractivity contribution in [2.24, 2.45) is 0 Å². The van der Waals surface area contributed by atoms with Crippen LogP contribution in [-0.2, 0) is 20.0 Å². The summed E-state index contributed by atoms with van der Waals surface area (Å²) in [5, 5.41) is 0. The van der Waals surface area contributed by atoms with Gasteiger partial charge >= 0.3 is 0 Å². The minimum Gasteiger partial charge on any atom is -0.486 e. The molecule has 1 saturated heterocycles. The van der Waals surface area contributed by atoms with Crippen LogP contribution in [-0.4, -0.2) is 89.7 Å². The number of nitrogens with zero attached hydrogens (tertiary/aromatic N) is 3. The molecule has 2 aliphatic rings. The summed E-state index contributed by atoms with van der Waals surface area (Å²) in [6.45, 7) is 1.52. The summed E-state index contributed by atoms with van der Waals surface area (Å²) in [5.74, 6) is 0.635. The monoisotopic (exact) mass is 495 g/mol. The number of piperazine rings is 1. The average Bonchev–Trinajstić information content (AvgIpc) is 2.83. The van der Waals surface area contributed by atoms with Gasteiger partial charge in [0.2, 0.25) is 20.0 Å². The zero-order chi connectivity index (χ0) is 23.8. The van der Waals surface area contributed by atoms with Crippen molar-refractivity contribution in [2.45, 2.75) is 9.79 Å². The van der Waals surface area contributed by atoms with E-state index in [1.807, 2.05) is 0 Å². The van der Waals surface area contributed by atoms with Gasteiger partial charge in [-0.3, -0.25) is 4.79 Å². The summed E-state index contributed by atoms with van der Waals surface area (Å²) in [4.78, 5) is 14.6. The molecule has 1 amide bonds. The van der Waals surface area contributed by atoms with Gasteiger partial charge in [-0.25, -0.2) is 21.1 Å². The zero-order valence-corrected chi connectivity index (χ0v) is 19.9. The van der Waals surface area contributed by atoms with Crippen molar-refractivity contribution < 1.29 is 31.1 Å². The minimum absolute atomic E-state index is 0.0967. The second kappa shape index (κ2) is 8.93. The maximum absolute atomic E-state index is 13.1. The molecule has 0 N–H and O–H groups in total. The van der Waals surface area contributed by atoms with E-state index in [1.165, 1.54) is 54.8 Å². The Morgan fingerprint density at radius 1 is 0.818 bits per heavy atom. The summed E-state index contributed by atoms with van der Waals surface area (Å²) < 4.78 is 63.9. The number of hydrogen-bond donors (Lipinski definition) is 0. The predicted molar refractivity (Wildman–Crippen MR) is 119 cm³/mol. The maximum atomic E-state index is 13.1. The topological polar surface area (TPSA) is 114 Å². The van der Waals surface area contributed by atoms with Crippen molar-refractivity contribution in [3.8, 4) is 11.5 Å². The highest BCUT2D eigenvalue weighted by Crippen LogP contribution is 2.33. The molecule has 33 heavy (non-hydrogen) atoms. The smallest absolute Gasteiger partial charge is 0.253 e. The molecule has 0 radical (unpaired) electrons. The molecular formula is C21H25N3O7S2. The van der Waals surface area contributed by atoms with E-state index < -0.39 is 20.0 Å². The van der Waals surface area contributed by atoms with Gasteiger partial charge < -0.3 is 14.4 Å². The Hall–Kier alpha value is -2.67. The molecule has 2 aromatic rings. The highest BCUT2D eigenvalue weighted by atomic mass is 32.2. The van der Waals surface area contributed by atoms with E-state index in [1.54, 1.807) is 11.0 Å². The highest BCUT2D eigenvalue weighted by Gasteiger charge is 2.31. The van der Waals surface area contributed by atoms with Gasteiger partial charge in [0.25, 0.3) is 5.91 Å². The fourth-order valence-corrected chi connectivity index (χ4v) is 5.97. The first-order chi connectivity index (χ1) is 15.6. The van der Waals surface area contributed by atoms with Gasteiger partial charge in [0, 0.05) is 51.9 Å². The van der Waals surface area contributed by atoms with Crippen molar-refractivity contribution in [2.75, 3.05) is 53.5 Å². The van der Waals surface area contributed by atoms with Gasteiger partial charge in [0.15, 0.2) is 11.5 Å². The van der Waals surface area contributed by atoms with Crippen LogP contribution in [0.15, 0.2) is 52.3 Å². The molecule has 1 fully saturated rings. The molecule has 0 bridgehead atoms. The lowest BCUT2D eigenvalue weighted by Gasteiger charge is -2.34. The van der Waals surface area contributed by atoms with Crippen LogP contribution < -0.4 is 9.47 Å². The van der Waals surface area contributed by atoms with E-state index in [9.17, 15) is 21.6 Å². The number of fused-ring (bicyclic) bond motifs is 1. The van der Waals surface area contributed by atoms with Gasteiger partial charge in [0.05, 0.1) is 9.79 Å². The molecule has 0 spiro atoms. The molecule has 2 aliphatic heterocycles. The number of benzene rings is 2. The molecule has 4 rings (SSSR count). The van der Waals surface area contributed by atoms with Crippen LogP contribution in [0.4, 0.5) is 0 Å². The van der Waals surface area contributed by atoms with Gasteiger partial charge in [-0.05, 0) is 36.4 Å². The van der Waals surface area contributed by atoms with Crippen LogP contribution in [0.3, 0.4) is 0 Å². The average molecular weight is 496 g/mol. The Morgan fingerprint density at radius 2 is 1.39 bits per heavy atom. The molecule has 0 aliphatic carbocycles. The minimum atomic E-state index is -3.75. The third kappa shape index (κ3) is 4.56. The van der Waals surface area contributed by atoms with E-state index in [4.69, 9.17) is 9.47 Å². The zero-order valence-electron chi connectivity index (χ0n) is 18.3. The highest BCUT2D eigenvalue weighted by molar-refractivity contribution is 7.89. The van der Waals surface area contributed by atoms with E-state index in [2.05, 4.69) is 0 Å². The molecule has 178 valence electrons. The Morgan fingerprint density at radius 3 is 2.00 bits per heavy atom. The summed E-state index contributed by atoms with van der Waals surface area (Å²) in [5.41, 5.74) is 0.343. The fraction of sp³-hybridized carbons (Fsp3) is 0.381. The molecular weight excluding hydrogens is 470 g/mol. The van der Waals surface area contributed by atoms with Crippen molar-refractivity contribution in [1.82, 2.24) is 13.5 Å². The molecule has 0 aromatic heterocycles. The van der Waals surface area contributed by atoms with Crippen LogP contribution >= 0.6 is 0 Å². The quantitative estimate of drug-likeness (QED) is 0.604. The third-order valence-corrected chi connectivity index (χ3v) is 9.28. The molecule has 2 aromatic carbocycles. The SMILES string of the molecule is CN(C)S(=O)(=O)c1ccc(C(=O)N2CCN(S(=O)(=O)c3ccc4c(c3)OCCO4)CC2)cc1. The molecule has 0 saturated carbocycles. The summed E-state index contributed by atoms with van der Waals surface area (Å²) >= 11 is 0. The lowest BCUT2D eigenvalue weighted by molar-refractivity contribution is 0.0697. The van der Waals surface area contributed by atoms with E-state index in [0.717, 1.165) is 4.31 Å². The first-order valence-electron chi connectivity index (χ1n) is 10.3. The van der Waals surface area contributed by atoms with Crippen molar-refractivity contribution in [1.29, 1.82) is 0 Å². The Kier molecular flexibility index (Phi) is 6.36. The number of carbonyl (C=O) groups excluding carboxylic acids is 1. The first kappa shape index (κ1) is 23.5. The van der Waals surface area contributed by atoms with E-state index >= 15 is 0 Å². The van der Waals surface area contributed by atoms with Crippen LogP contribution in [0.2, 0.25) is 0 Å². The van der Waals surface area contributed by atoms with Gasteiger partial charge in [-0.2, -0.15) is 4.31 Å².